The van der Waals surface area contributed by atoms with Crippen molar-refractivity contribution in [2.75, 3.05) is 0 Å². The van der Waals surface area contributed by atoms with Gasteiger partial charge in [0.2, 0.25) is 0 Å². The Morgan fingerprint density at radius 1 is 0.600 bits per heavy atom. The molecule has 11 heteroatoms. The fourth-order valence-electron chi connectivity index (χ4n) is 2.66. The Balaban J connectivity index is 0.00000320. The molecule has 0 amide bonds. The van der Waals surface area contributed by atoms with Gasteiger partial charge in [-0.05, 0) is 36.4 Å². The van der Waals surface area contributed by atoms with Crippen molar-refractivity contribution < 1.29 is 34.8 Å². The maximum absolute atomic E-state index is 11.6. The molecular weight excluding hydrogens is 405 g/mol. The third-order valence-corrected chi connectivity index (χ3v) is 4.02. The van der Waals surface area contributed by atoms with Crippen LogP contribution < -0.4 is 0 Å². The van der Waals surface area contributed by atoms with Gasteiger partial charge in [0.15, 0.2) is 5.60 Å². The van der Waals surface area contributed by atoms with Gasteiger partial charge in [0.25, 0.3) is 0 Å². The summed E-state index contributed by atoms with van der Waals surface area (Å²) < 4.78 is 0. The van der Waals surface area contributed by atoms with E-state index in [2.05, 4.69) is 15.0 Å². The summed E-state index contributed by atoms with van der Waals surface area (Å²) in [6.45, 7) is 0. The first-order valence-corrected chi connectivity index (χ1v) is 8.08. The van der Waals surface area contributed by atoms with E-state index in [4.69, 9.17) is 0 Å². The monoisotopic (exact) mass is 418 g/mol. The van der Waals surface area contributed by atoms with Crippen molar-refractivity contribution in [3.8, 4) is 0 Å². The van der Waals surface area contributed by atoms with Crippen LogP contribution in [0.4, 0.5) is 0 Å². The fraction of sp³-hybridized carbons (Fsp3) is 0.0526. The van der Waals surface area contributed by atoms with E-state index >= 15 is 0 Å². The van der Waals surface area contributed by atoms with Crippen LogP contribution in [0.3, 0.4) is 0 Å². The van der Waals surface area contributed by atoms with Gasteiger partial charge >= 0.3 is 17.9 Å². The van der Waals surface area contributed by atoms with E-state index in [9.17, 15) is 34.8 Å². The molecule has 3 rings (SSSR count). The zero-order valence-corrected chi connectivity index (χ0v) is 17.6. The predicted molar refractivity (Wildman–Crippen MR) is 101 cm³/mol. The fourth-order valence-corrected chi connectivity index (χ4v) is 2.66. The number of aromatic nitrogens is 3. The number of carboxylic acids is 3. The van der Waals surface area contributed by atoms with E-state index in [0.717, 1.165) is 0 Å². The summed E-state index contributed by atoms with van der Waals surface area (Å²) in [4.78, 5) is 45.7. The minimum Gasteiger partial charge on any atom is -0.477 e. The van der Waals surface area contributed by atoms with E-state index in [1.165, 1.54) is 54.6 Å². The van der Waals surface area contributed by atoms with Gasteiger partial charge in [-0.15, -0.1) is 0 Å². The number of pyridine rings is 3. The first-order chi connectivity index (χ1) is 13.7. The third kappa shape index (κ3) is 4.36. The second-order valence-electron chi connectivity index (χ2n) is 5.85. The quantitative estimate of drug-likeness (QED) is 0.421. The first-order valence-electron chi connectivity index (χ1n) is 8.08. The summed E-state index contributed by atoms with van der Waals surface area (Å²) in [6.07, 6.45) is 0. The van der Waals surface area contributed by atoms with Crippen LogP contribution in [0.2, 0.25) is 0 Å². The molecule has 0 saturated carbocycles. The number of aliphatic hydroxyl groups is 1. The van der Waals surface area contributed by atoms with Gasteiger partial charge in [0, 0.05) is 29.6 Å². The summed E-state index contributed by atoms with van der Waals surface area (Å²) in [5, 5.41) is 39.2. The number of nitrogens with zero attached hydrogens (tertiary/aromatic N) is 3. The summed E-state index contributed by atoms with van der Waals surface area (Å²) in [5.41, 5.74) is -4.13. The van der Waals surface area contributed by atoms with Gasteiger partial charge in [-0.1, -0.05) is 18.2 Å². The molecule has 4 N–H and O–H groups in total. The third-order valence-electron chi connectivity index (χ3n) is 4.02. The maximum Gasteiger partial charge on any atom is 0.354 e. The average molecular weight is 418 g/mol. The number of hydrogen-bond acceptors (Lipinski definition) is 7. The second kappa shape index (κ2) is 9.09. The molecule has 0 bridgehead atoms. The molecule has 10 nitrogen and oxygen atoms in total. The molecule has 0 atom stereocenters. The van der Waals surface area contributed by atoms with E-state index < -0.39 is 23.5 Å². The SMILES string of the molecule is O=C(O)c1cccc(C(O)(c2cccc(C(=O)O)n2)c2cccc(C(=O)O)n2)n1.[Na]. The molecule has 30 heavy (non-hydrogen) atoms. The van der Waals surface area contributed by atoms with Crippen molar-refractivity contribution in [1.82, 2.24) is 15.0 Å². The normalized spacial score (nSPS) is 10.7. The minimum atomic E-state index is -2.32. The first kappa shape index (κ1) is 23.1. The van der Waals surface area contributed by atoms with Crippen LogP contribution in [0, 0.1) is 0 Å². The smallest absolute Gasteiger partial charge is 0.354 e. The second-order valence-corrected chi connectivity index (χ2v) is 5.85. The number of rotatable bonds is 6. The molecule has 0 unspecified atom stereocenters. The van der Waals surface area contributed by atoms with Gasteiger partial charge in [0.05, 0.1) is 17.1 Å². The molecule has 0 fully saturated rings. The zero-order chi connectivity index (χ0) is 21.2. The molecule has 3 aromatic heterocycles. The van der Waals surface area contributed by atoms with Gasteiger partial charge in [0.1, 0.15) is 17.1 Å². The van der Waals surface area contributed by atoms with E-state index in [1.54, 1.807) is 0 Å². The van der Waals surface area contributed by atoms with Crippen LogP contribution in [0.5, 0.6) is 0 Å². The topological polar surface area (TPSA) is 171 Å². The van der Waals surface area contributed by atoms with Crippen LogP contribution in [-0.2, 0) is 5.60 Å². The molecule has 147 valence electrons. The Labute approximate surface area is 191 Å². The number of carboxylic acid groups (broad SMARTS) is 3. The van der Waals surface area contributed by atoms with Crippen molar-refractivity contribution in [2.45, 2.75) is 5.60 Å². The van der Waals surface area contributed by atoms with Crippen LogP contribution >= 0.6 is 0 Å². The van der Waals surface area contributed by atoms with Gasteiger partial charge in [-0.2, -0.15) is 0 Å². The molecule has 0 saturated heterocycles. The Bertz CT molecular complexity index is 997. The predicted octanol–water partition coefficient (Wildman–Crippen LogP) is 0.870. The Morgan fingerprint density at radius 2 is 0.867 bits per heavy atom. The van der Waals surface area contributed by atoms with Crippen LogP contribution in [0.25, 0.3) is 0 Å². The molecular formula is C19H13N3NaO7. The maximum atomic E-state index is 11.6. The van der Waals surface area contributed by atoms with E-state index in [1.807, 2.05) is 0 Å². The average Bonchev–Trinajstić information content (AvgIpc) is 2.73. The summed E-state index contributed by atoms with van der Waals surface area (Å²) in [5.74, 6) is -4.06. The summed E-state index contributed by atoms with van der Waals surface area (Å²) >= 11 is 0. The molecule has 3 aromatic rings. The van der Waals surface area contributed by atoms with Crippen molar-refractivity contribution in [1.29, 1.82) is 0 Å². The number of hydrogen-bond donors (Lipinski definition) is 4. The number of aromatic carboxylic acids is 3. The Kier molecular flexibility index (Phi) is 7.00. The summed E-state index contributed by atoms with van der Waals surface area (Å²) in [7, 11) is 0. The zero-order valence-electron chi connectivity index (χ0n) is 15.6. The van der Waals surface area contributed by atoms with Crippen LogP contribution in [0.1, 0.15) is 48.5 Å². The van der Waals surface area contributed by atoms with Crippen molar-refractivity contribution >= 4 is 47.5 Å². The van der Waals surface area contributed by atoms with Crippen molar-refractivity contribution in [3.63, 3.8) is 0 Å². The number of carbonyl (C=O) groups is 3. The van der Waals surface area contributed by atoms with E-state index in [0.29, 0.717) is 0 Å². The van der Waals surface area contributed by atoms with Crippen molar-refractivity contribution in [3.05, 3.63) is 88.8 Å². The van der Waals surface area contributed by atoms with Crippen LogP contribution in [0.15, 0.2) is 54.6 Å². The minimum absolute atomic E-state index is 0. The molecule has 0 spiro atoms. The van der Waals surface area contributed by atoms with Crippen LogP contribution in [-0.4, -0.2) is 82.8 Å². The van der Waals surface area contributed by atoms with E-state index in [-0.39, 0.29) is 63.7 Å². The van der Waals surface area contributed by atoms with Crippen molar-refractivity contribution in [2.24, 2.45) is 0 Å². The van der Waals surface area contributed by atoms with Gasteiger partial charge < -0.3 is 20.4 Å². The van der Waals surface area contributed by atoms with Gasteiger partial charge in [-0.3, -0.25) is 0 Å². The van der Waals surface area contributed by atoms with Gasteiger partial charge in [-0.25, -0.2) is 29.3 Å². The molecule has 0 aliphatic heterocycles. The summed E-state index contributed by atoms with van der Waals surface area (Å²) in [6, 6.07) is 11.5. The molecule has 1 radical (unpaired) electrons. The molecule has 0 aliphatic carbocycles. The molecule has 3 heterocycles. The molecule has 0 aliphatic rings. The Morgan fingerprint density at radius 3 is 1.10 bits per heavy atom. The standard InChI is InChI=1S/C19H13N3O7.Na/c23-16(24)10-4-1-7-13(20-10)19(29,14-8-2-5-11(21-14)17(25)26)15-9-3-6-12(22-15)18(27)28;/h1-9,29H,(H,23,24)(H,25,26)(H,27,28);. The molecule has 0 aromatic carbocycles. The largest absolute Gasteiger partial charge is 0.477 e. The Hall–Kier alpha value is -3.18.